The zero-order valence-electron chi connectivity index (χ0n) is 28.5. The minimum absolute atomic E-state index is 0.648. The van der Waals surface area contributed by atoms with E-state index in [0.29, 0.717) is 17.5 Å². The predicted octanol–water partition coefficient (Wildman–Crippen LogP) is 13.5. The third-order valence-corrected chi connectivity index (χ3v) is 11.7. The van der Waals surface area contributed by atoms with Crippen LogP contribution < -0.4 is 0 Å². The molecule has 0 fully saturated rings. The van der Waals surface area contributed by atoms with Crippen molar-refractivity contribution in [2.45, 2.75) is 0 Å². The summed E-state index contributed by atoms with van der Waals surface area (Å²) in [6.45, 7) is 0. The van der Waals surface area contributed by atoms with E-state index in [1.54, 1.807) is 0 Å². The highest BCUT2D eigenvalue weighted by Crippen LogP contribution is 2.48. The second-order valence-electron chi connectivity index (χ2n) is 13.6. The molecule has 4 heteroatoms. The van der Waals surface area contributed by atoms with Crippen LogP contribution in [0.3, 0.4) is 0 Å². The molecule has 0 atom stereocenters. The lowest BCUT2D eigenvalue weighted by atomic mass is 9.94. The van der Waals surface area contributed by atoms with Crippen molar-refractivity contribution in [2.24, 2.45) is 0 Å². The largest absolute Gasteiger partial charge is 0.208 e. The van der Waals surface area contributed by atoms with Crippen LogP contribution in [0.5, 0.6) is 0 Å². The average Bonchev–Trinajstić information content (AvgIpc) is 3.64. The van der Waals surface area contributed by atoms with Gasteiger partial charge in [0.2, 0.25) is 0 Å². The molecule has 2 aromatic heterocycles. The minimum Gasteiger partial charge on any atom is -0.208 e. The monoisotopic (exact) mass is 691 g/mol. The van der Waals surface area contributed by atoms with Gasteiger partial charge in [-0.1, -0.05) is 164 Å². The first-order valence-corrected chi connectivity index (χ1v) is 18.7. The van der Waals surface area contributed by atoms with E-state index >= 15 is 0 Å². The van der Waals surface area contributed by atoms with Crippen molar-refractivity contribution in [3.8, 4) is 45.3 Å². The van der Waals surface area contributed by atoms with Crippen LogP contribution in [-0.2, 0) is 0 Å². The van der Waals surface area contributed by atoms with Gasteiger partial charge in [0.15, 0.2) is 17.5 Å². The molecule has 3 nitrogen and oxygen atoms in total. The normalized spacial score (nSPS) is 11.8. The second-order valence-corrected chi connectivity index (χ2v) is 14.6. The molecule has 0 bridgehead atoms. The molecule has 0 radical (unpaired) electrons. The fraction of sp³-hybridized carbons (Fsp3) is 0. The Morgan fingerprint density at radius 3 is 1.58 bits per heavy atom. The molecule has 0 spiro atoms. The van der Waals surface area contributed by atoms with Crippen LogP contribution in [0.4, 0.5) is 0 Å². The van der Waals surface area contributed by atoms with E-state index in [9.17, 15) is 0 Å². The van der Waals surface area contributed by atoms with Gasteiger partial charge in [-0.25, -0.2) is 15.0 Å². The van der Waals surface area contributed by atoms with Gasteiger partial charge in [-0.3, -0.25) is 0 Å². The van der Waals surface area contributed by atoms with E-state index in [0.717, 1.165) is 22.3 Å². The first-order chi connectivity index (χ1) is 26.3. The number of nitrogens with zero attached hydrogens (tertiary/aromatic N) is 3. The van der Waals surface area contributed by atoms with Crippen molar-refractivity contribution in [3.63, 3.8) is 0 Å². The lowest BCUT2D eigenvalue weighted by Gasteiger charge is -2.13. The number of hydrogen-bond donors (Lipinski definition) is 0. The maximum atomic E-state index is 5.32. The highest BCUT2D eigenvalue weighted by molar-refractivity contribution is 7.27. The Bertz CT molecular complexity index is 3210. The topological polar surface area (TPSA) is 38.7 Å². The van der Waals surface area contributed by atoms with Gasteiger partial charge >= 0.3 is 0 Å². The third-order valence-electron chi connectivity index (χ3n) is 10.5. The number of benzene rings is 9. The van der Waals surface area contributed by atoms with E-state index in [-0.39, 0.29) is 0 Å². The van der Waals surface area contributed by atoms with Crippen molar-refractivity contribution < 1.29 is 0 Å². The number of aromatic nitrogens is 3. The summed E-state index contributed by atoms with van der Waals surface area (Å²) in [6.07, 6.45) is 0. The highest BCUT2D eigenvalue weighted by Gasteiger charge is 2.21. The molecule has 0 unspecified atom stereocenters. The van der Waals surface area contributed by atoms with Crippen molar-refractivity contribution in [3.05, 3.63) is 176 Å². The first kappa shape index (κ1) is 29.9. The quantitative estimate of drug-likeness (QED) is 0.172. The van der Waals surface area contributed by atoms with Crippen LogP contribution in [0.2, 0.25) is 0 Å². The summed E-state index contributed by atoms with van der Waals surface area (Å²) in [5, 5.41) is 12.3. The molecule has 0 aliphatic heterocycles. The van der Waals surface area contributed by atoms with Gasteiger partial charge in [0.05, 0.1) is 0 Å². The van der Waals surface area contributed by atoms with Crippen molar-refractivity contribution in [2.75, 3.05) is 0 Å². The molecule has 9 aromatic carbocycles. The van der Waals surface area contributed by atoms with Crippen LogP contribution >= 0.6 is 11.3 Å². The molecule has 11 rings (SSSR count). The Morgan fingerprint density at radius 1 is 0.321 bits per heavy atom. The fourth-order valence-electron chi connectivity index (χ4n) is 7.99. The van der Waals surface area contributed by atoms with Gasteiger partial charge in [-0.15, -0.1) is 11.3 Å². The summed E-state index contributed by atoms with van der Waals surface area (Å²) < 4.78 is 2.50. The SMILES string of the molecule is c1ccc(-c2nc(-c3ccc(-c4cccc5ccccc45)cc3)nc(-c3cc4ccc5ccccc5c4c4sc5ccc6ccccc6c5c34)n2)cc1. The molecular formula is C49H29N3S. The maximum Gasteiger partial charge on any atom is 0.164 e. The smallest absolute Gasteiger partial charge is 0.164 e. The van der Waals surface area contributed by atoms with Gasteiger partial charge in [-0.2, -0.15) is 0 Å². The Morgan fingerprint density at radius 2 is 0.849 bits per heavy atom. The molecule has 11 aromatic rings. The highest BCUT2D eigenvalue weighted by atomic mass is 32.1. The zero-order valence-corrected chi connectivity index (χ0v) is 29.3. The van der Waals surface area contributed by atoms with Crippen LogP contribution in [0.15, 0.2) is 176 Å². The predicted molar refractivity (Wildman–Crippen MR) is 224 cm³/mol. The Labute approximate surface area is 309 Å². The Kier molecular flexibility index (Phi) is 6.73. The van der Waals surface area contributed by atoms with Gasteiger partial charge in [0.25, 0.3) is 0 Å². The van der Waals surface area contributed by atoms with Gasteiger partial charge in [0, 0.05) is 42.2 Å². The summed E-state index contributed by atoms with van der Waals surface area (Å²) in [7, 11) is 0. The molecule has 0 aliphatic rings. The van der Waals surface area contributed by atoms with E-state index in [1.807, 2.05) is 29.5 Å². The van der Waals surface area contributed by atoms with Crippen LogP contribution in [-0.4, -0.2) is 15.0 Å². The zero-order chi connectivity index (χ0) is 34.9. The molecule has 246 valence electrons. The van der Waals surface area contributed by atoms with Crippen LogP contribution in [0, 0.1) is 0 Å². The summed E-state index contributed by atoms with van der Waals surface area (Å²) in [4.78, 5) is 15.7. The molecule has 53 heavy (non-hydrogen) atoms. The van der Waals surface area contributed by atoms with Gasteiger partial charge in [0.1, 0.15) is 0 Å². The summed E-state index contributed by atoms with van der Waals surface area (Å²) in [6, 6.07) is 62.6. The Hall–Kier alpha value is -6.75. The third kappa shape index (κ3) is 4.84. The lowest BCUT2D eigenvalue weighted by Crippen LogP contribution is -2.00. The molecule has 0 N–H and O–H groups in total. The second kappa shape index (κ2) is 11.9. The summed E-state index contributed by atoms with van der Waals surface area (Å²) >= 11 is 1.86. The van der Waals surface area contributed by atoms with E-state index < -0.39 is 0 Å². The average molecular weight is 692 g/mol. The number of rotatable bonds is 4. The first-order valence-electron chi connectivity index (χ1n) is 17.9. The molecule has 0 saturated heterocycles. The number of thiophene rings is 1. The van der Waals surface area contributed by atoms with Gasteiger partial charge < -0.3 is 0 Å². The van der Waals surface area contributed by atoms with E-state index in [4.69, 9.17) is 15.0 Å². The number of hydrogen-bond acceptors (Lipinski definition) is 4. The van der Waals surface area contributed by atoms with Crippen molar-refractivity contribution in [1.82, 2.24) is 15.0 Å². The van der Waals surface area contributed by atoms with E-state index in [1.165, 1.54) is 68.8 Å². The Balaban J connectivity index is 1.19. The maximum absolute atomic E-state index is 5.32. The summed E-state index contributed by atoms with van der Waals surface area (Å²) in [5.74, 6) is 1.97. The summed E-state index contributed by atoms with van der Waals surface area (Å²) in [5.41, 5.74) is 5.27. The molecule has 0 saturated carbocycles. The molecular weight excluding hydrogens is 663 g/mol. The molecule has 0 amide bonds. The van der Waals surface area contributed by atoms with Crippen LogP contribution in [0.1, 0.15) is 0 Å². The van der Waals surface area contributed by atoms with Crippen molar-refractivity contribution in [1.29, 1.82) is 0 Å². The molecule has 0 aliphatic carbocycles. The van der Waals surface area contributed by atoms with Gasteiger partial charge in [-0.05, 0) is 61.0 Å². The van der Waals surface area contributed by atoms with Crippen molar-refractivity contribution >= 4 is 74.6 Å². The van der Waals surface area contributed by atoms with Crippen LogP contribution in [0.25, 0.3) is 109 Å². The number of fused-ring (bicyclic) bond motifs is 10. The minimum atomic E-state index is 0.648. The lowest BCUT2D eigenvalue weighted by molar-refractivity contribution is 1.08. The standard InChI is InChI=1S/C49H29N3S/c1-2-14-34(15-3-1)47-50-48(35-24-21-33(22-25-35)38-20-10-16-30-11-4-7-17-37(30)38)52-49(51-47)41-29-36-26-23-31-12-5-8-18-39(31)43(36)46-45(41)44-40-19-9-6-13-32(40)27-28-42(44)53-46/h1-29H. The van der Waals surface area contributed by atoms with E-state index in [2.05, 4.69) is 158 Å². The molecule has 2 heterocycles. The fourth-order valence-corrected chi connectivity index (χ4v) is 9.30.